The summed E-state index contributed by atoms with van der Waals surface area (Å²) in [5.41, 5.74) is 7.60. The van der Waals surface area contributed by atoms with Crippen molar-refractivity contribution >= 4 is 16.6 Å². The lowest BCUT2D eigenvalue weighted by atomic mass is 9.90. The van der Waals surface area contributed by atoms with Gasteiger partial charge in [-0.05, 0) is 43.0 Å². The van der Waals surface area contributed by atoms with E-state index in [-0.39, 0.29) is 0 Å². The molecule has 3 nitrogen and oxygen atoms in total. The third-order valence-corrected chi connectivity index (χ3v) is 3.97. The van der Waals surface area contributed by atoms with Crippen LogP contribution in [0.2, 0.25) is 0 Å². The Hall–Kier alpha value is -1.77. The van der Waals surface area contributed by atoms with E-state index in [1.54, 1.807) is 6.20 Å². The van der Waals surface area contributed by atoms with E-state index in [1.807, 2.05) is 24.3 Å². The maximum Gasteiger partial charge on any atom is 0.145 e. The number of hydrogen-bond acceptors (Lipinski definition) is 3. The Balaban J connectivity index is 1.79. The molecular formula is C16H20N2O. The van der Waals surface area contributed by atoms with Crippen LogP contribution in [0.3, 0.4) is 0 Å². The molecule has 2 N–H and O–H groups in total. The summed E-state index contributed by atoms with van der Waals surface area (Å²) in [5.74, 6) is 1.56. The Labute approximate surface area is 113 Å². The number of nitrogen functional groups attached to an aromatic ring is 1. The van der Waals surface area contributed by atoms with Gasteiger partial charge in [-0.15, -0.1) is 0 Å². The van der Waals surface area contributed by atoms with Gasteiger partial charge in [-0.3, -0.25) is 4.98 Å². The number of hydrogen-bond donors (Lipinski definition) is 1. The van der Waals surface area contributed by atoms with E-state index < -0.39 is 0 Å². The van der Waals surface area contributed by atoms with E-state index in [0.717, 1.165) is 28.9 Å². The molecule has 3 heteroatoms. The summed E-state index contributed by atoms with van der Waals surface area (Å²) in [6.07, 6.45) is 8.43. The van der Waals surface area contributed by atoms with Crippen molar-refractivity contribution in [3.8, 4) is 5.75 Å². The molecule has 1 aromatic carbocycles. The number of rotatable bonds is 3. The van der Waals surface area contributed by atoms with Gasteiger partial charge in [-0.1, -0.05) is 19.3 Å². The van der Waals surface area contributed by atoms with Gasteiger partial charge in [0, 0.05) is 17.3 Å². The number of ether oxygens (including phenoxy) is 1. The van der Waals surface area contributed by atoms with Gasteiger partial charge in [0.25, 0.3) is 0 Å². The van der Waals surface area contributed by atoms with Crippen molar-refractivity contribution in [1.82, 2.24) is 4.98 Å². The first-order valence-electron chi connectivity index (χ1n) is 7.10. The molecule has 0 bridgehead atoms. The Morgan fingerprint density at radius 1 is 1.16 bits per heavy atom. The molecule has 1 saturated carbocycles. The number of pyridine rings is 1. The predicted molar refractivity (Wildman–Crippen MR) is 78.2 cm³/mol. The highest BCUT2D eigenvalue weighted by atomic mass is 16.5. The molecule has 1 aliphatic carbocycles. The molecule has 0 amide bonds. The van der Waals surface area contributed by atoms with Gasteiger partial charge in [-0.2, -0.15) is 0 Å². The normalized spacial score (nSPS) is 16.6. The van der Waals surface area contributed by atoms with Gasteiger partial charge >= 0.3 is 0 Å². The SMILES string of the molecule is Nc1ccc(OCC2CCCCC2)c2ncccc12. The van der Waals surface area contributed by atoms with Crippen molar-refractivity contribution in [3.05, 3.63) is 30.5 Å². The molecule has 19 heavy (non-hydrogen) atoms. The monoisotopic (exact) mass is 256 g/mol. The van der Waals surface area contributed by atoms with Crippen LogP contribution in [0.15, 0.2) is 30.5 Å². The number of anilines is 1. The lowest BCUT2D eigenvalue weighted by Gasteiger charge is -2.22. The maximum absolute atomic E-state index is 6.00. The minimum absolute atomic E-state index is 0.699. The second kappa shape index (κ2) is 5.47. The van der Waals surface area contributed by atoms with E-state index in [0.29, 0.717) is 5.92 Å². The van der Waals surface area contributed by atoms with E-state index in [9.17, 15) is 0 Å². The summed E-state index contributed by atoms with van der Waals surface area (Å²) in [5, 5.41) is 0.976. The number of nitrogens with zero attached hydrogens (tertiary/aromatic N) is 1. The van der Waals surface area contributed by atoms with Crippen molar-refractivity contribution in [2.24, 2.45) is 5.92 Å². The van der Waals surface area contributed by atoms with Crippen LogP contribution in [0, 0.1) is 5.92 Å². The standard InChI is InChI=1S/C16H20N2O/c17-14-8-9-15(16-13(14)7-4-10-18-16)19-11-12-5-2-1-3-6-12/h4,7-10,12H,1-3,5-6,11,17H2. The predicted octanol–water partition coefficient (Wildman–Crippen LogP) is 3.78. The van der Waals surface area contributed by atoms with Gasteiger partial charge in [0.15, 0.2) is 0 Å². The molecule has 1 heterocycles. The van der Waals surface area contributed by atoms with E-state index in [1.165, 1.54) is 32.1 Å². The van der Waals surface area contributed by atoms with Crippen molar-refractivity contribution in [2.45, 2.75) is 32.1 Å². The molecular weight excluding hydrogens is 236 g/mol. The summed E-state index contributed by atoms with van der Waals surface area (Å²) in [4.78, 5) is 4.40. The van der Waals surface area contributed by atoms with Crippen LogP contribution in [-0.4, -0.2) is 11.6 Å². The Morgan fingerprint density at radius 2 is 2.00 bits per heavy atom. The molecule has 1 aliphatic rings. The first kappa shape index (κ1) is 12.3. The molecule has 0 aliphatic heterocycles. The highest BCUT2D eigenvalue weighted by Crippen LogP contribution is 2.30. The van der Waals surface area contributed by atoms with Gasteiger partial charge in [-0.25, -0.2) is 0 Å². The molecule has 3 rings (SSSR count). The second-order valence-corrected chi connectivity index (χ2v) is 5.37. The quantitative estimate of drug-likeness (QED) is 0.850. The fourth-order valence-corrected chi connectivity index (χ4v) is 2.85. The average molecular weight is 256 g/mol. The second-order valence-electron chi connectivity index (χ2n) is 5.37. The largest absolute Gasteiger partial charge is 0.491 e. The first-order chi connectivity index (χ1) is 9.34. The molecule has 1 aromatic heterocycles. The van der Waals surface area contributed by atoms with Crippen LogP contribution < -0.4 is 10.5 Å². The Morgan fingerprint density at radius 3 is 2.84 bits per heavy atom. The topological polar surface area (TPSA) is 48.1 Å². The van der Waals surface area contributed by atoms with Gasteiger partial charge in [0.1, 0.15) is 11.3 Å². The van der Waals surface area contributed by atoms with E-state index in [2.05, 4.69) is 4.98 Å². The fourth-order valence-electron chi connectivity index (χ4n) is 2.85. The minimum Gasteiger partial charge on any atom is -0.491 e. The van der Waals surface area contributed by atoms with Crippen LogP contribution in [0.25, 0.3) is 10.9 Å². The first-order valence-corrected chi connectivity index (χ1v) is 7.10. The highest BCUT2D eigenvalue weighted by Gasteiger charge is 2.15. The minimum atomic E-state index is 0.699. The lowest BCUT2D eigenvalue weighted by molar-refractivity contribution is 0.210. The smallest absolute Gasteiger partial charge is 0.145 e. The summed E-state index contributed by atoms with van der Waals surface area (Å²) in [6, 6.07) is 7.74. The molecule has 2 aromatic rings. The van der Waals surface area contributed by atoms with E-state index >= 15 is 0 Å². The molecule has 0 spiro atoms. The molecule has 0 saturated heterocycles. The van der Waals surface area contributed by atoms with Gasteiger partial charge < -0.3 is 10.5 Å². The van der Waals surface area contributed by atoms with Crippen LogP contribution in [0.4, 0.5) is 5.69 Å². The van der Waals surface area contributed by atoms with Crippen LogP contribution in [-0.2, 0) is 0 Å². The zero-order valence-electron chi connectivity index (χ0n) is 11.1. The summed E-state index contributed by atoms with van der Waals surface area (Å²) >= 11 is 0. The molecule has 100 valence electrons. The van der Waals surface area contributed by atoms with Crippen molar-refractivity contribution in [3.63, 3.8) is 0 Å². The molecule has 0 unspecified atom stereocenters. The third kappa shape index (κ3) is 2.65. The van der Waals surface area contributed by atoms with Crippen LogP contribution in [0.5, 0.6) is 5.75 Å². The zero-order chi connectivity index (χ0) is 13.1. The van der Waals surface area contributed by atoms with Crippen molar-refractivity contribution in [2.75, 3.05) is 12.3 Å². The number of benzene rings is 1. The molecule has 0 atom stereocenters. The highest BCUT2D eigenvalue weighted by molar-refractivity contribution is 5.94. The number of aromatic nitrogens is 1. The fraction of sp³-hybridized carbons (Fsp3) is 0.438. The molecule has 0 radical (unpaired) electrons. The van der Waals surface area contributed by atoms with Crippen molar-refractivity contribution < 1.29 is 4.74 Å². The summed E-state index contributed by atoms with van der Waals surface area (Å²) < 4.78 is 6.00. The third-order valence-electron chi connectivity index (χ3n) is 3.97. The van der Waals surface area contributed by atoms with Gasteiger partial charge in [0.2, 0.25) is 0 Å². The Bertz CT molecular complexity index is 562. The van der Waals surface area contributed by atoms with E-state index in [4.69, 9.17) is 10.5 Å². The summed E-state index contributed by atoms with van der Waals surface area (Å²) in [6.45, 7) is 0.801. The maximum atomic E-state index is 6.00. The van der Waals surface area contributed by atoms with Gasteiger partial charge in [0.05, 0.1) is 6.61 Å². The lowest BCUT2D eigenvalue weighted by Crippen LogP contribution is -2.15. The Kier molecular flexibility index (Phi) is 3.53. The zero-order valence-corrected chi connectivity index (χ0v) is 11.1. The summed E-state index contributed by atoms with van der Waals surface area (Å²) in [7, 11) is 0. The average Bonchev–Trinajstić information content (AvgIpc) is 2.48. The van der Waals surface area contributed by atoms with Crippen LogP contribution in [0.1, 0.15) is 32.1 Å². The molecule has 1 fully saturated rings. The number of fused-ring (bicyclic) bond motifs is 1. The van der Waals surface area contributed by atoms with Crippen molar-refractivity contribution in [1.29, 1.82) is 0 Å². The van der Waals surface area contributed by atoms with Crippen LogP contribution >= 0.6 is 0 Å². The number of nitrogens with two attached hydrogens (primary N) is 1.